The van der Waals surface area contributed by atoms with Crippen LogP contribution >= 0.6 is 11.6 Å². The fraction of sp³-hybridized carbons (Fsp3) is 0.478. The van der Waals surface area contributed by atoms with Crippen molar-refractivity contribution in [1.29, 1.82) is 0 Å². The van der Waals surface area contributed by atoms with Crippen LogP contribution in [-0.4, -0.2) is 37.2 Å². The molecule has 2 aromatic rings. The lowest BCUT2D eigenvalue weighted by Gasteiger charge is -2.23. The first kappa shape index (κ1) is 21.0. The van der Waals surface area contributed by atoms with Gasteiger partial charge in [-0.3, -0.25) is 4.90 Å². The summed E-state index contributed by atoms with van der Waals surface area (Å²) in [5, 5.41) is 4.34. The van der Waals surface area contributed by atoms with E-state index >= 15 is 0 Å². The van der Waals surface area contributed by atoms with Gasteiger partial charge >= 0.3 is 0 Å². The summed E-state index contributed by atoms with van der Waals surface area (Å²) in [7, 11) is 0. The van der Waals surface area contributed by atoms with Crippen LogP contribution in [0.15, 0.2) is 42.5 Å². The predicted molar refractivity (Wildman–Crippen MR) is 115 cm³/mol. The third-order valence-corrected chi connectivity index (χ3v) is 5.48. The summed E-state index contributed by atoms with van der Waals surface area (Å²) in [5.41, 5.74) is 2.29. The zero-order valence-electron chi connectivity index (χ0n) is 16.9. The molecule has 1 atom stereocenters. The molecule has 0 spiro atoms. The Hall–Kier alpha value is -1.75. The van der Waals surface area contributed by atoms with Gasteiger partial charge in [0.1, 0.15) is 6.61 Å². The third-order valence-electron chi connectivity index (χ3n) is 5.23. The summed E-state index contributed by atoms with van der Waals surface area (Å²) < 4.78 is 11.8. The lowest BCUT2D eigenvalue weighted by Crippen LogP contribution is -2.37. The summed E-state index contributed by atoms with van der Waals surface area (Å²) in [6, 6.07) is 14.6. The Morgan fingerprint density at radius 2 is 1.82 bits per heavy atom. The fourth-order valence-corrected chi connectivity index (χ4v) is 3.84. The molecule has 0 saturated carbocycles. The number of nitrogens with one attached hydrogen (secondary N) is 1. The molecule has 1 unspecified atom stereocenters. The zero-order chi connectivity index (χ0) is 19.8. The normalized spacial score (nSPS) is 17.0. The molecular weight excluding hydrogens is 372 g/mol. The van der Waals surface area contributed by atoms with E-state index < -0.39 is 0 Å². The Kier molecular flexibility index (Phi) is 8.01. The fourth-order valence-electron chi connectivity index (χ4n) is 3.72. The van der Waals surface area contributed by atoms with E-state index in [4.69, 9.17) is 21.1 Å². The number of likely N-dealkylation sites (N-methyl/N-ethyl adjacent to an activating group) is 1. The largest absolute Gasteiger partial charge is 0.490 e. The Balaban J connectivity index is 1.56. The summed E-state index contributed by atoms with van der Waals surface area (Å²) in [5.74, 6) is 1.57. The quantitative estimate of drug-likeness (QED) is 0.613. The van der Waals surface area contributed by atoms with Crippen LogP contribution in [0.3, 0.4) is 0 Å². The maximum absolute atomic E-state index is 5.99. The van der Waals surface area contributed by atoms with Gasteiger partial charge in [-0.2, -0.15) is 0 Å². The second-order valence-corrected chi connectivity index (χ2v) is 7.62. The van der Waals surface area contributed by atoms with E-state index in [2.05, 4.69) is 29.3 Å². The predicted octanol–water partition coefficient (Wildman–Crippen LogP) is 4.89. The van der Waals surface area contributed by atoms with E-state index in [1.165, 1.54) is 24.9 Å². The Morgan fingerprint density at radius 3 is 2.57 bits per heavy atom. The smallest absolute Gasteiger partial charge is 0.161 e. The van der Waals surface area contributed by atoms with Crippen LogP contribution in [0.5, 0.6) is 11.5 Å². The molecule has 1 fully saturated rings. The summed E-state index contributed by atoms with van der Waals surface area (Å²) >= 11 is 5.94. The van der Waals surface area contributed by atoms with E-state index in [1.807, 2.05) is 37.3 Å². The summed E-state index contributed by atoms with van der Waals surface area (Å²) in [6.07, 6.45) is 2.61. The Morgan fingerprint density at radius 1 is 1.04 bits per heavy atom. The molecule has 3 rings (SSSR count). The number of likely N-dealkylation sites (tertiary alicyclic amines) is 1. The molecule has 5 heteroatoms. The highest BCUT2D eigenvalue weighted by Crippen LogP contribution is 2.29. The van der Waals surface area contributed by atoms with Crippen molar-refractivity contribution in [3.63, 3.8) is 0 Å². The average molecular weight is 403 g/mol. The van der Waals surface area contributed by atoms with Crippen molar-refractivity contribution in [3.8, 4) is 11.5 Å². The zero-order valence-corrected chi connectivity index (χ0v) is 17.7. The number of hydrogen-bond donors (Lipinski definition) is 1. The lowest BCUT2D eigenvalue weighted by molar-refractivity contribution is 0.259. The van der Waals surface area contributed by atoms with Crippen LogP contribution in [0.1, 0.15) is 37.8 Å². The molecule has 0 aromatic heterocycles. The first-order chi connectivity index (χ1) is 13.7. The minimum atomic E-state index is 0.489. The highest BCUT2D eigenvalue weighted by molar-refractivity contribution is 6.30. The van der Waals surface area contributed by atoms with Crippen LogP contribution in [0.4, 0.5) is 0 Å². The number of ether oxygens (including phenoxy) is 2. The van der Waals surface area contributed by atoms with Crippen molar-refractivity contribution in [2.75, 3.05) is 26.2 Å². The molecular formula is C23H31ClN2O2. The van der Waals surface area contributed by atoms with Crippen molar-refractivity contribution in [1.82, 2.24) is 10.2 Å². The van der Waals surface area contributed by atoms with Crippen LogP contribution < -0.4 is 14.8 Å². The van der Waals surface area contributed by atoms with Crippen LogP contribution in [0.25, 0.3) is 0 Å². The number of nitrogens with zero attached hydrogens (tertiary/aromatic N) is 1. The Bertz CT molecular complexity index is 736. The average Bonchev–Trinajstić information content (AvgIpc) is 3.16. The van der Waals surface area contributed by atoms with Gasteiger partial charge in [-0.15, -0.1) is 0 Å². The second-order valence-electron chi connectivity index (χ2n) is 7.18. The van der Waals surface area contributed by atoms with Gasteiger partial charge < -0.3 is 14.8 Å². The number of halogens is 1. The summed E-state index contributed by atoms with van der Waals surface area (Å²) in [6.45, 7) is 9.59. The number of benzene rings is 2. The molecule has 28 heavy (non-hydrogen) atoms. The molecule has 1 saturated heterocycles. The number of hydrogen-bond acceptors (Lipinski definition) is 4. The van der Waals surface area contributed by atoms with Crippen molar-refractivity contribution in [2.45, 2.75) is 45.9 Å². The van der Waals surface area contributed by atoms with Gasteiger partial charge in [0.2, 0.25) is 0 Å². The highest BCUT2D eigenvalue weighted by atomic mass is 35.5. The first-order valence-electron chi connectivity index (χ1n) is 10.3. The maximum Gasteiger partial charge on any atom is 0.161 e. The molecule has 1 N–H and O–H groups in total. The molecule has 0 radical (unpaired) electrons. The maximum atomic E-state index is 5.99. The van der Waals surface area contributed by atoms with E-state index in [9.17, 15) is 0 Å². The highest BCUT2D eigenvalue weighted by Gasteiger charge is 2.22. The SMILES string of the molecule is CCOc1cc(CNCC2CCCN2CC)ccc1OCc1ccc(Cl)cc1. The van der Waals surface area contributed by atoms with Gasteiger partial charge in [0.15, 0.2) is 11.5 Å². The summed E-state index contributed by atoms with van der Waals surface area (Å²) in [4.78, 5) is 2.56. The van der Waals surface area contributed by atoms with Gasteiger partial charge in [-0.25, -0.2) is 0 Å². The minimum Gasteiger partial charge on any atom is -0.490 e. The van der Waals surface area contributed by atoms with Crippen LogP contribution in [0.2, 0.25) is 5.02 Å². The van der Waals surface area contributed by atoms with Crippen LogP contribution in [0, 0.1) is 0 Å². The minimum absolute atomic E-state index is 0.489. The number of rotatable bonds is 10. The van der Waals surface area contributed by atoms with E-state index in [0.717, 1.165) is 41.7 Å². The van der Waals surface area contributed by atoms with Gasteiger partial charge in [-0.05, 0) is 68.2 Å². The van der Waals surface area contributed by atoms with Crippen molar-refractivity contribution in [3.05, 3.63) is 58.6 Å². The van der Waals surface area contributed by atoms with Crippen LogP contribution in [-0.2, 0) is 13.2 Å². The standard InChI is InChI=1S/C23H31ClN2O2/c1-3-26-13-5-6-21(26)16-25-15-19-9-12-22(23(14-19)27-4-2)28-17-18-7-10-20(24)11-8-18/h7-12,14,21,25H,3-6,13,15-17H2,1-2H3. The van der Waals surface area contributed by atoms with Gasteiger partial charge in [0.05, 0.1) is 6.61 Å². The first-order valence-corrected chi connectivity index (χ1v) is 10.6. The molecule has 2 aromatic carbocycles. The van der Waals surface area contributed by atoms with Crippen molar-refractivity contribution >= 4 is 11.6 Å². The Labute approximate surface area is 173 Å². The molecule has 4 nitrogen and oxygen atoms in total. The molecule has 0 aliphatic carbocycles. The lowest BCUT2D eigenvalue weighted by atomic mass is 10.1. The van der Waals surface area contributed by atoms with E-state index in [-0.39, 0.29) is 0 Å². The van der Waals surface area contributed by atoms with Crippen molar-refractivity contribution in [2.24, 2.45) is 0 Å². The van der Waals surface area contributed by atoms with Gasteiger partial charge in [-0.1, -0.05) is 36.7 Å². The van der Waals surface area contributed by atoms with Gasteiger partial charge in [0, 0.05) is 24.2 Å². The third kappa shape index (κ3) is 5.87. The molecule has 1 aliphatic rings. The van der Waals surface area contributed by atoms with Gasteiger partial charge in [0.25, 0.3) is 0 Å². The molecule has 152 valence electrons. The monoisotopic (exact) mass is 402 g/mol. The topological polar surface area (TPSA) is 33.7 Å². The molecule has 1 heterocycles. The molecule has 0 bridgehead atoms. The van der Waals surface area contributed by atoms with E-state index in [1.54, 1.807) is 0 Å². The molecule has 0 amide bonds. The van der Waals surface area contributed by atoms with E-state index in [0.29, 0.717) is 19.3 Å². The molecule has 1 aliphatic heterocycles. The second kappa shape index (κ2) is 10.7. The van der Waals surface area contributed by atoms with Crippen molar-refractivity contribution < 1.29 is 9.47 Å².